The van der Waals surface area contributed by atoms with Crippen molar-refractivity contribution in [2.75, 3.05) is 11.9 Å². The van der Waals surface area contributed by atoms with Gasteiger partial charge < -0.3 is 15.4 Å². The molecule has 0 unspecified atom stereocenters. The van der Waals surface area contributed by atoms with E-state index in [2.05, 4.69) is 22.5 Å². The second-order valence-corrected chi connectivity index (χ2v) is 4.90. The van der Waals surface area contributed by atoms with Gasteiger partial charge in [-0.2, -0.15) is 0 Å². The van der Waals surface area contributed by atoms with E-state index in [1.165, 1.54) is 0 Å². The predicted molar refractivity (Wildman–Crippen MR) is 86.9 cm³/mol. The van der Waals surface area contributed by atoms with E-state index in [0.29, 0.717) is 6.54 Å². The van der Waals surface area contributed by atoms with Crippen molar-refractivity contribution < 1.29 is 9.53 Å². The van der Waals surface area contributed by atoms with Crippen LogP contribution in [0.15, 0.2) is 48.8 Å². The molecule has 1 heterocycles. The first-order chi connectivity index (χ1) is 10.8. The zero-order chi connectivity index (χ0) is 15.6. The van der Waals surface area contributed by atoms with Crippen LogP contribution in [0.4, 0.5) is 10.5 Å². The number of nitrogens with zero attached hydrogens (tertiary/aromatic N) is 1. The van der Waals surface area contributed by atoms with Gasteiger partial charge in [0.15, 0.2) is 0 Å². The molecule has 22 heavy (non-hydrogen) atoms. The van der Waals surface area contributed by atoms with E-state index in [1.54, 1.807) is 12.4 Å². The highest BCUT2D eigenvalue weighted by Crippen LogP contribution is 2.15. The lowest BCUT2D eigenvalue weighted by Crippen LogP contribution is -2.28. The molecule has 2 rings (SSSR count). The lowest BCUT2D eigenvalue weighted by Gasteiger charge is -2.09. The van der Waals surface area contributed by atoms with Gasteiger partial charge in [0.1, 0.15) is 5.75 Å². The van der Waals surface area contributed by atoms with Gasteiger partial charge in [-0.1, -0.05) is 19.4 Å². The highest BCUT2D eigenvalue weighted by molar-refractivity contribution is 5.89. The zero-order valence-corrected chi connectivity index (χ0v) is 12.7. The molecule has 1 aromatic heterocycles. The van der Waals surface area contributed by atoms with Gasteiger partial charge in [0, 0.05) is 24.6 Å². The summed E-state index contributed by atoms with van der Waals surface area (Å²) in [6.07, 6.45) is 5.57. The predicted octanol–water partition coefficient (Wildman–Crippen LogP) is 3.58. The van der Waals surface area contributed by atoms with Gasteiger partial charge in [0.25, 0.3) is 0 Å². The summed E-state index contributed by atoms with van der Waals surface area (Å²) >= 11 is 0. The van der Waals surface area contributed by atoms with Crippen LogP contribution in [0.1, 0.15) is 25.3 Å². The van der Waals surface area contributed by atoms with Crippen LogP contribution in [-0.4, -0.2) is 17.6 Å². The standard InChI is InChI=1S/C17H21N3O2/c1-2-3-11-22-16-8-6-15(7-9-16)20-17(21)19-13-14-5-4-10-18-12-14/h4-10,12H,2-3,11,13H2,1H3,(H2,19,20,21). The fourth-order valence-electron chi connectivity index (χ4n) is 1.83. The molecule has 0 radical (unpaired) electrons. The lowest BCUT2D eigenvalue weighted by atomic mass is 10.3. The Balaban J connectivity index is 1.76. The van der Waals surface area contributed by atoms with Crippen LogP contribution in [-0.2, 0) is 6.54 Å². The Bertz CT molecular complexity index is 570. The monoisotopic (exact) mass is 299 g/mol. The third kappa shape index (κ3) is 5.44. The number of nitrogens with one attached hydrogen (secondary N) is 2. The summed E-state index contributed by atoms with van der Waals surface area (Å²) in [4.78, 5) is 15.8. The average molecular weight is 299 g/mol. The fraction of sp³-hybridized carbons (Fsp3) is 0.294. The maximum Gasteiger partial charge on any atom is 0.319 e. The van der Waals surface area contributed by atoms with Crippen LogP contribution < -0.4 is 15.4 Å². The Morgan fingerprint density at radius 3 is 2.73 bits per heavy atom. The number of carbonyl (C=O) groups excluding carboxylic acids is 1. The number of ether oxygens (including phenoxy) is 1. The number of aromatic nitrogens is 1. The maximum atomic E-state index is 11.8. The SMILES string of the molecule is CCCCOc1ccc(NC(=O)NCc2cccnc2)cc1. The second kappa shape index (κ2) is 8.67. The number of urea groups is 1. The summed E-state index contributed by atoms with van der Waals surface area (Å²) in [5.41, 5.74) is 1.68. The fourth-order valence-corrected chi connectivity index (χ4v) is 1.83. The molecule has 0 atom stereocenters. The van der Waals surface area contributed by atoms with Crippen molar-refractivity contribution in [1.29, 1.82) is 0 Å². The summed E-state index contributed by atoms with van der Waals surface area (Å²) in [6.45, 7) is 3.28. The summed E-state index contributed by atoms with van der Waals surface area (Å²) < 4.78 is 5.58. The normalized spacial score (nSPS) is 10.0. The molecule has 0 aliphatic heterocycles. The van der Waals surface area contributed by atoms with Gasteiger partial charge in [0.2, 0.25) is 0 Å². The smallest absolute Gasteiger partial charge is 0.319 e. The van der Waals surface area contributed by atoms with Crippen molar-refractivity contribution in [2.45, 2.75) is 26.3 Å². The van der Waals surface area contributed by atoms with Crippen molar-refractivity contribution >= 4 is 11.7 Å². The van der Waals surface area contributed by atoms with Gasteiger partial charge in [0.05, 0.1) is 6.61 Å². The Labute approximate surface area is 130 Å². The van der Waals surface area contributed by atoms with E-state index in [-0.39, 0.29) is 6.03 Å². The van der Waals surface area contributed by atoms with Crippen LogP contribution >= 0.6 is 0 Å². The zero-order valence-electron chi connectivity index (χ0n) is 12.7. The number of anilines is 1. The molecule has 2 amide bonds. The maximum absolute atomic E-state index is 11.8. The van der Waals surface area contributed by atoms with Crippen LogP contribution in [0.25, 0.3) is 0 Å². The Hall–Kier alpha value is -2.56. The van der Waals surface area contributed by atoms with E-state index in [9.17, 15) is 4.79 Å². The van der Waals surface area contributed by atoms with Crippen LogP contribution in [0, 0.1) is 0 Å². The van der Waals surface area contributed by atoms with Crippen LogP contribution in [0.2, 0.25) is 0 Å². The molecule has 0 saturated carbocycles. The second-order valence-electron chi connectivity index (χ2n) is 4.90. The number of amides is 2. The van der Waals surface area contributed by atoms with E-state index in [4.69, 9.17) is 4.74 Å². The van der Waals surface area contributed by atoms with E-state index >= 15 is 0 Å². The van der Waals surface area contributed by atoms with Crippen molar-refractivity contribution in [3.63, 3.8) is 0 Å². The quantitative estimate of drug-likeness (QED) is 0.768. The summed E-state index contributed by atoms with van der Waals surface area (Å²) in [5.74, 6) is 0.815. The molecule has 0 aliphatic rings. The van der Waals surface area contributed by atoms with Gasteiger partial charge in [-0.05, 0) is 42.3 Å². The number of unbranched alkanes of at least 4 members (excludes halogenated alkanes) is 1. The molecular formula is C17H21N3O2. The molecule has 1 aromatic carbocycles. The Morgan fingerprint density at radius 1 is 1.23 bits per heavy atom. The number of carbonyl (C=O) groups is 1. The molecule has 0 saturated heterocycles. The minimum atomic E-state index is -0.247. The number of rotatable bonds is 7. The lowest BCUT2D eigenvalue weighted by molar-refractivity contribution is 0.251. The summed E-state index contributed by atoms with van der Waals surface area (Å²) in [6, 6.07) is 10.9. The average Bonchev–Trinajstić information content (AvgIpc) is 2.56. The van der Waals surface area contributed by atoms with Crippen LogP contribution in [0.5, 0.6) is 5.75 Å². The third-order valence-electron chi connectivity index (χ3n) is 3.05. The Morgan fingerprint density at radius 2 is 2.05 bits per heavy atom. The first-order valence-corrected chi connectivity index (χ1v) is 7.44. The molecule has 0 fully saturated rings. The van der Waals surface area contributed by atoms with Gasteiger partial charge in [-0.3, -0.25) is 4.98 Å². The topological polar surface area (TPSA) is 63.2 Å². The molecule has 116 valence electrons. The molecule has 2 aromatic rings. The van der Waals surface area contributed by atoms with Crippen molar-refractivity contribution in [3.05, 3.63) is 54.4 Å². The minimum absolute atomic E-state index is 0.247. The van der Waals surface area contributed by atoms with Gasteiger partial charge in [-0.25, -0.2) is 4.79 Å². The highest BCUT2D eigenvalue weighted by Gasteiger charge is 2.02. The van der Waals surface area contributed by atoms with Crippen LogP contribution in [0.3, 0.4) is 0 Å². The summed E-state index contributed by atoms with van der Waals surface area (Å²) in [7, 11) is 0. The van der Waals surface area contributed by atoms with Crippen molar-refractivity contribution in [2.24, 2.45) is 0 Å². The first kappa shape index (κ1) is 15.8. The van der Waals surface area contributed by atoms with E-state index in [1.807, 2.05) is 36.4 Å². The number of pyridine rings is 1. The van der Waals surface area contributed by atoms with E-state index in [0.717, 1.165) is 36.4 Å². The van der Waals surface area contributed by atoms with Crippen molar-refractivity contribution in [1.82, 2.24) is 10.3 Å². The van der Waals surface area contributed by atoms with E-state index < -0.39 is 0 Å². The molecular weight excluding hydrogens is 278 g/mol. The Kier molecular flexibility index (Phi) is 6.23. The molecule has 5 nitrogen and oxygen atoms in total. The molecule has 2 N–H and O–H groups in total. The van der Waals surface area contributed by atoms with Gasteiger partial charge in [-0.15, -0.1) is 0 Å². The molecule has 5 heteroatoms. The largest absolute Gasteiger partial charge is 0.494 e. The van der Waals surface area contributed by atoms with Crippen molar-refractivity contribution in [3.8, 4) is 5.75 Å². The highest BCUT2D eigenvalue weighted by atomic mass is 16.5. The molecule has 0 spiro atoms. The number of hydrogen-bond donors (Lipinski definition) is 2. The number of hydrogen-bond acceptors (Lipinski definition) is 3. The first-order valence-electron chi connectivity index (χ1n) is 7.44. The minimum Gasteiger partial charge on any atom is -0.494 e. The number of benzene rings is 1. The third-order valence-corrected chi connectivity index (χ3v) is 3.05. The molecule has 0 bridgehead atoms. The van der Waals surface area contributed by atoms with Gasteiger partial charge >= 0.3 is 6.03 Å². The summed E-state index contributed by atoms with van der Waals surface area (Å²) in [5, 5.41) is 5.56. The molecule has 0 aliphatic carbocycles.